The normalized spacial score (nSPS) is 16.3. The SMILES string of the molecule is NC(=O)CCN(C(=O)CN1CCc2sccc2C1c1cccs1)c1ccccc1. The zero-order valence-corrected chi connectivity index (χ0v) is 17.6. The molecule has 1 aromatic carbocycles. The average Bonchev–Trinajstić information content (AvgIpc) is 3.40. The molecule has 29 heavy (non-hydrogen) atoms. The Bertz CT molecular complexity index is 969. The molecule has 150 valence electrons. The lowest BCUT2D eigenvalue weighted by molar-refractivity contribution is -0.120. The number of carbonyl (C=O) groups excluding carboxylic acids is 2. The first-order valence-electron chi connectivity index (χ1n) is 9.61. The molecule has 0 aliphatic carbocycles. The highest BCUT2D eigenvalue weighted by molar-refractivity contribution is 7.10. The molecule has 1 unspecified atom stereocenters. The molecule has 2 N–H and O–H groups in total. The Morgan fingerprint density at radius 2 is 1.90 bits per heavy atom. The Kier molecular flexibility index (Phi) is 6.08. The van der Waals surface area contributed by atoms with E-state index >= 15 is 0 Å². The molecule has 0 fully saturated rings. The summed E-state index contributed by atoms with van der Waals surface area (Å²) < 4.78 is 0. The van der Waals surface area contributed by atoms with E-state index < -0.39 is 5.91 Å². The molecule has 2 aromatic heterocycles. The van der Waals surface area contributed by atoms with Crippen LogP contribution >= 0.6 is 22.7 Å². The number of amides is 2. The van der Waals surface area contributed by atoms with Crippen LogP contribution in [0.4, 0.5) is 5.69 Å². The summed E-state index contributed by atoms with van der Waals surface area (Å²) in [7, 11) is 0. The van der Waals surface area contributed by atoms with Crippen molar-refractivity contribution in [3.05, 3.63) is 74.6 Å². The molecule has 4 rings (SSSR count). The third-order valence-corrected chi connectivity index (χ3v) is 7.09. The molecule has 2 amide bonds. The number of primary amides is 1. The van der Waals surface area contributed by atoms with Gasteiger partial charge in [0, 0.05) is 35.0 Å². The molecule has 1 aliphatic heterocycles. The lowest BCUT2D eigenvalue weighted by Crippen LogP contribution is -2.45. The van der Waals surface area contributed by atoms with Gasteiger partial charge >= 0.3 is 0 Å². The summed E-state index contributed by atoms with van der Waals surface area (Å²) in [6.07, 6.45) is 1.10. The molecule has 0 saturated heterocycles. The summed E-state index contributed by atoms with van der Waals surface area (Å²) in [5.74, 6) is -0.422. The standard InChI is InChI=1S/C22H23N3O2S2/c23-20(26)9-12-25(16-5-2-1-3-6-16)21(27)15-24-11-8-18-17(10-14-29-18)22(24)19-7-4-13-28-19/h1-7,10,13-14,22H,8-9,11-12,15H2,(H2,23,26). The highest BCUT2D eigenvalue weighted by Gasteiger charge is 2.32. The van der Waals surface area contributed by atoms with Crippen LogP contribution in [0, 0.1) is 0 Å². The maximum Gasteiger partial charge on any atom is 0.241 e. The smallest absolute Gasteiger partial charge is 0.241 e. The first-order valence-corrected chi connectivity index (χ1v) is 11.4. The van der Waals surface area contributed by atoms with Crippen LogP contribution in [-0.4, -0.2) is 36.3 Å². The van der Waals surface area contributed by atoms with Gasteiger partial charge in [-0.05, 0) is 47.0 Å². The average molecular weight is 426 g/mol. The van der Waals surface area contributed by atoms with Gasteiger partial charge in [0.2, 0.25) is 11.8 Å². The van der Waals surface area contributed by atoms with Gasteiger partial charge < -0.3 is 10.6 Å². The number of anilines is 1. The predicted octanol–water partition coefficient (Wildman–Crippen LogP) is 3.67. The number of carbonyl (C=O) groups is 2. The van der Waals surface area contributed by atoms with Crippen LogP contribution in [0.3, 0.4) is 0 Å². The number of fused-ring (bicyclic) bond motifs is 1. The van der Waals surface area contributed by atoms with Crippen LogP contribution in [0.1, 0.15) is 27.8 Å². The number of nitrogens with two attached hydrogens (primary N) is 1. The van der Waals surface area contributed by atoms with E-state index in [1.165, 1.54) is 15.3 Å². The van der Waals surface area contributed by atoms with Gasteiger partial charge in [-0.25, -0.2) is 0 Å². The molecule has 0 bridgehead atoms. The summed E-state index contributed by atoms with van der Waals surface area (Å²) in [5.41, 5.74) is 7.44. The van der Waals surface area contributed by atoms with E-state index in [4.69, 9.17) is 5.73 Å². The summed E-state index contributed by atoms with van der Waals surface area (Å²) in [5, 5.41) is 4.22. The minimum absolute atomic E-state index is 0.0160. The van der Waals surface area contributed by atoms with Gasteiger partial charge in [0.05, 0.1) is 12.6 Å². The van der Waals surface area contributed by atoms with E-state index in [1.807, 2.05) is 30.3 Å². The van der Waals surface area contributed by atoms with E-state index in [9.17, 15) is 9.59 Å². The van der Waals surface area contributed by atoms with E-state index in [0.717, 1.165) is 18.7 Å². The monoisotopic (exact) mass is 425 g/mol. The third-order valence-electron chi connectivity index (χ3n) is 5.17. The third kappa shape index (κ3) is 4.42. The summed E-state index contributed by atoms with van der Waals surface area (Å²) >= 11 is 3.52. The van der Waals surface area contributed by atoms with Crippen LogP contribution in [0.15, 0.2) is 59.3 Å². The van der Waals surface area contributed by atoms with E-state index in [-0.39, 0.29) is 18.4 Å². The molecule has 0 spiro atoms. The maximum absolute atomic E-state index is 13.3. The van der Waals surface area contributed by atoms with Crippen molar-refractivity contribution in [2.45, 2.75) is 18.9 Å². The van der Waals surface area contributed by atoms with Crippen LogP contribution in [0.5, 0.6) is 0 Å². The quantitative estimate of drug-likeness (QED) is 0.628. The van der Waals surface area contributed by atoms with E-state index in [2.05, 4.69) is 33.9 Å². The van der Waals surface area contributed by atoms with E-state index in [0.29, 0.717) is 13.1 Å². The molecule has 1 atom stereocenters. The fourth-order valence-electron chi connectivity index (χ4n) is 3.81. The molecule has 7 heteroatoms. The Balaban J connectivity index is 1.58. The second-order valence-electron chi connectivity index (χ2n) is 7.03. The molecule has 0 radical (unpaired) electrons. The van der Waals surface area contributed by atoms with Crippen molar-refractivity contribution in [1.29, 1.82) is 0 Å². The minimum Gasteiger partial charge on any atom is -0.370 e. The van der Waals surface area contributed by atoms with Crippen LogP contribution in [0.25, 0.3) is 0 Å². The van der Waals surface area contributed by atoms with Gasteiger partial charge in [-0.15, -0.1) is 22.7 Å². The van der Waals surface area contributed by atoms with Crippen LogP contribution in [-0.2, 0) is 16.0 Å². The van der Waals surface area contributed by atoms with Gasteiger partial charge in [0.1, 0.15) is 0 Å². The Morgan fingerprint density at radius 3 is 2.62 bits per heavy atom. The van der Waals surface area contributed by atoms with Crippen molar-refractivity contribution in [2.24, 2.45) is 5.73 Å². The molecule has 5 nitrogen and oxygen atoms in total. The first-order chi connectivity index (χ1) is 14.1. The van der Waals surface area contributed by atoms with Crippen molar-refractivity contribution in [3.63, 3.8) is 0 Å². The zero-order chi connectivity index (χ0) is 20.2. The van der Waals surface area contributed by atoms with Crippen molar-refractivity contribution in [3.8, 4) is 0 Å². The molecular formula is C22H23N3O2S2. The highest BCUT2D eigenvalue weighted by Crippen LogP contribution is 2.39. The number of nitrogens with zero attached hydrogens (tertiary/aromatic N) is 2. The lowest BCUT2D eigenvalue weighted by atomic mass is 9.98. The molecule has 3 aromatic rings. The van der Waals surface area contributed by atoms with Gasteiger partial charge in [0.25, 0.3) is 0 Å². The lowest BCUT2D eigenvalue weighted by Gasteiger charge is -2.36. The second-order valence-corrected chi connectivity index (χ2v) is 9.01. The van der Waals surface area contributed by atoms with Gasteiger partial charge in [-0.3, -0.25) is 14.5 Å². The highest BCUT2D eigenvalue weighted by atomic mass is 32.1. The minimum atomic E-state index is -0.406. The van der Waals surface area contributed by atoms with E-state index in [1.54, 1.807) is 27.6 Å². The fraction of sp³-hybridized carbons (Fsp3) is 0.273. The number of para-hydroxylation sites is 1. The summed E-state index contributed by atoms with van der Waals surface area (Å²) in [4.78, 5) is 31.3. The number of benzene rings is 1. The largest absolute Gasteiger partial charge is 0.370 e. The number of hydrogen-bond acceptors (Lipinski definition) is 5. The topological polar surface area (TPSA) is 66.6 Å². The Hall–Kier alpha value is -2.48. The molecule has 3 heterocycles. The summed E-state index contributed by atoms with van der Waals surface area (Å²) in [6.45, 7) is 1.42. The van der Waals surface area contributed by atoms with Gasteiger partial charge in [-0.2, -0.15) is 0 Å². The van der Waals surface area contributed by atoms with Crippen LogP contribution in [0.2, 0.25) is 0 Å². The Labute approximate surface area is 178 Å². The van der Waals surface area contributed by atoms with Crippen molar-refractivity contribution < 1.29 is 9.59 Å². The zero-order valence-electron chi connectivity index (χ0n) is 16.0. The maximum atomic E-state index is 13.3. The molecular weight excluding hydrogens is 402 g/mol. The van der Waals surface area contributed by atoms with Crippen molar-refractivity contribution >= 4 is 40.2 Å². The van der Waals surface area contributed by atoms with Crippen molar-refractivity contribution in [1.82, 2.24) is 4.90 Å². The number of rotatable bonds is 7. The number of thiophene rings is 2. The van der Waals surface area contributed by atoms with Crippen LogP contribution < -0.4 is 10.6 Å². The Morgan fingerprint density at radius 1 is 1.07 bits per heavy atom. The second kappa shape index (κ2) is 8.90. The first kappa shape index (κ1) is 19.8. The van der Waals surface area contributed by atoms with Gasteiger partial charge in [-0.1, -0.05) is 24.3 Å². The fourth-order valence-corrected chi connectivity index (χ4v) is 5.59. The van der Waals surface area contributed by atoms with Gasteiger partial charge in [0.15, 0.2) is 0 Å². The molecule has 1 aliphatic rings. The summed E-state index contributed by atoms with van der Waals surface area (Å²) in [6, 6.07) is 16.0. The predicted molar refractivity (Wildman–Crippen MR) is 118 cm³/mol. The molecule has 0 saturated carbocycles. The number of hydrogen-bond donors (Lipinski definition) is 1. The van der Waals surface area contributed by atoms with Crippen molar-refractivity contribution in [2.75, 3.05) is 24.5 Å².